The summed E-state index contributed by atoms with van der Waals surface area (Å²) in [7, 11) is 0.235. The number of nitrogens with zero attached hydrogens (tertiary/aromatic N) is 5. The predicted octanol–water partition coefficient (Wildman–Crippen LogP) is 10.9. The van der Waals surface area contributed by atoms with Crippen LogP contribution in [0.5, 0.6) is 11.5 Å². The summed E-state index contributed by atoms with van der Waals surface area (Å²) in [5.41, 5.74) is 1.73. The standard InChI is InChI=1S/C60H80F4N6O8Si/c1-57(2,60(62,63)64)38-66(29-25-59(26-31-78-58(3,4)37-59)43-14-16-45(75-5)17-15-43)36-40-9-18-46(47(61)35-40)41-10-12-42(13-11-41)54(72)67-27-23-44(24-28-67)65-48-19-20-49-52-53(48)77-32-30-68(52)56(74)70(49)50-21-22-51(71)69(55(50)73)39-76-33-34-79(6,7)8/h9-10,14-20,35,42,44,50,65H,11-13,21-34,36-39H2,1-8H3/t42-,50?,59+/m0/s1. The third-order valence-corrected chi connectivity index (χ3v) is 18.9. The first-order chi connectivity index (χ1) is 37.4. The number of likely N-dealkylation sites (tertiary alicyclic amines) is 2. The smallest absolute Gasteiger partial charge is 0.395 e. The summed E-state index contributed by atoms with van der Waals surface area (Å²) in [4.78, 5) is 59.7. The molecule has 4 aromatic rings. The number of carbonyl (C=O) groups is 3. The van der Waals surface area contributed by atoms with Crippen molar-refractivity contribution >= 4 is 48.1 Å². The van der Waals surface area contributed by atoms with Crippen molar-refractivity contribution in [2.45, 2.75) is 160 Å². The van der Waals surface area contributed by atoms with Crippen LogP contribution < -0.4 is 20.5 Å². The fourth-order valence-electron chi connectivity index (χ4n) is 12.5. The molecule has 0 radical (unpaired) electrons. The SMILES string of the molecule is COc1ccc([C@]2(CCN(Cc3ccc(C4=CC[C@H](C(=O)N5CCC(Nc6ccc7c8c6OCCn8c(=O)n7C6CCC(=O)N(COCC[Si](C)(C)C)C6=O)CC5)CC4)c(F)c3)CC(C)(C)C(F)(F)F)CCOC(C)(C)C2)cc1. The minimum Gasteiger partial charge on any atom is -0.497 e. The topological polar surface area (TPSA) is 137 Å². The summed E-state index contributed by atoms with van der Waals surface area (Å²) in [5.74, 6) is -0.0884. The molecule has 1 aromatic heterocycles. The zero-order valence-electron chi connectivity index (χ0n) is 47.4. The summed E-state index contributed by atoms with van der Waals surface area (Å²) < 4.78 is 86.3. The third kappa shape index (κ3) is 12.8. The Balaban J connectivity index is 0.813. The molecular formula is C60H80F4N6O8Si. The molecule has 1 N–H and O–H groups in total. The van der Waals surface area contributed by atoms with Crippen LogP contribution in [0, 0.1) is 17.2 Å². The average Bonchev–Trinajstić information content (AvgIpc) is 3.87. The first-order valence-corrected chi connectivity index (χ1v) is 32.0. The van der Waals surface area contributed by atoms with Crippen molar-refractivity contribution in [1.82, 2.24) is 23.8 Å². The van der Waals surface area contributed by atoms with Gasteiger partial charge in [0.05, 0.1) is 35.9 Å². The lowest BCUT2D eigenvalue weighted by atomic mass is 9.67. The average molecular weight is 1120 g/mol. The van der Waals surface area contributed by atoms with Gasteiger partial charge in [0.2, 0.25) is 11.8 Å². The first-order valence-electron chi connectivity index (χ1n) is 28.3. The Morgan fingerprint density at radius 1 is 0.937 bits per heavy atom. The van der Waals surface area contributed by atoms with E-state index in [0.29, 0.717) is 119 Å². The van der Waals surface area contributed by atoms with Crippen molar-refractivity contribution in [3.8, 4) is 11.5 Å². The molecule has 3 atom stereocenters. The molecule has 9 rings (SSSR count). The molecule has 3 amide bonds. The number of piperidine rings is 2. The number of amides is 3. The molecule has 3 aromatic carbocycles. The Kier molecular flexibility index (Phi) is 17.1. The molecule has 19 heteroatoms. The first kappa shape index (κ1) is 58.2. The van der Waals surface area contributed by atoms with Crippen molar-refractivity contribution in [3.63, 3.8) is 0 Å². The van der Waals surface area contributed by atoms with Crippen molar-refractivity contribution in [2.75, 3.05) is 65.2 Å². The Labute approximate surface area is 462 Å². The van der Waals surface area contributed by atoms with E-state index in [2.05, 4.69) is 38.8 Å². The van der Waals surface area contributed by atoms with Crippen LogP contribution in [0.4, 0.5) is 23.2 Å². The van der Waals surface area contributed by atoms with Crippen LogP contribution >= 0.6 is 0 Å². The Morgan fingerprint density at radius 3 is 2.34 bits per heavy atom. The Hall–Kier alpha value is -5.50. The van der Waals surface area contributed by atoms with E-state index in [1.807, 2.05) is 58.3 Å². The quantitative estimate of drug-likeness (QED) is 0.0418. The fraction of sp³-hybridized carbons (Fsp3) is 0.600. The summed E-state index contributed by atoms with van der Waals surface area (Å²) in [6.45, 7) is 16.0. The zero-order valence-corrected chi connectivity index (χ0v) is 48.4. The highest BCUT2D eigenvalue weighted by atomic mass is 28.3. The van der Waals surface area contributed by atoms with Gasteiger partial charge in [0.15, 0.2) is 5.75 Å². The van der Waals surface area contributed by atoms with E-state index in [1.165, 1.54) is 24.5 Å². The van der Waals surface area contributed by atoms with E-state index < -0.39 is 43.0 Å². The number of benzene rings is 3. The van der Waals surface area contributed by atoms with E-state index in [-0.39, 0.29) is 74.1 Å². The lowest BCUT2D eigenvalue weighted by Crippen LogP contribution is -2.48. The molecule has 1 unspecified atom stereocenters. The minimum atomic E-state index is -4.44. The maximum atomic E-state index is 16.2. The highest BCUT2D eigenvalue weighted by molar-refractivity contribution is 6.76. The second-order valence-corrected chi connectivity index (χ2v) is 30.8. The van der Waals surface area contributed by atoms with Crippen LogP contribution in [-0.4, -0.2) is 127 Å². The second kappa shape index (κ2) is 23.2. The molecule has 0 bridgehead atoms. The van der Waals surface area contributed by atoms with Crippen molar-refractivity contribution in [3.05, 3.63) is 93.7 Å². The van der Waals surface area contributed by atoms with Crippen LogP contribution in [0.2, 0.25) is 25.7 Å². The van der Waals surface area contributed by atoms with E-state index in [4.69, 9.17) is 18.9 Å². The largest absolute Gasteiger partial charge is 0.497 e. The number of imide groups is 1. The number of carbonyl (C=O) groups excluding carboxylic acids is 3. The van der Waals surface area contributed by atoms with E-state index in [9.17, 15) is 32.3 Å². The van der Waals surface area contributed by atoms with Crippen LogP contribution in [0.3, 0.4) is 0 Å². The molecular weight excluding hydrogens is 1040 g/mol. The molecule has 1 aliphatic carbocycles. The van der Waals surface area contributed by atoms with Gasteiger partial charge in [-0.25, -0.2) is 9.18 Å². The summed E-state index contributed by atoms with van der Waals surface area (Å²) in [5, 5.41) is 3.63. The normalized spacial score (nSPS) is 22.3. The van der Waals surface area contributed by atoms with Crippen LogP contribution in [0.15, 0.2) is 65.5 Å². The molecule has 14 nitrogen and oxygen atoms in total. The molecule has 3 fully saturated rings. The number of imidazole rings is 1. The molecule has 3 saturated heterocycles. The van der Waals surface area contributed by atoms with Crippen LogP contribution in [-0.2, 0) is 42.4 Å². The van der Waals surface area contributed by atoms with Gasteiger partial charge in [0, 0.05) is 76.8 Å². The lowest BCUT2D eigenvalue weighted by molar-refractivity contribution is -0.217. The number of aromatic nitrogens is 2. The maximum absolute atomic E-state index is 16.2. The highest BCUT2D eigenvalue weighted by Crippen LogP contribution is 2.46. The predicted molar refractivity (Wildman–Crippen MR) is 299 cm³/mol. The molecule has 5 aliphatic rings. The number of ether oxygens (including phenoxy) is 4. The van der Waals surface area contributed by atoms with Gasteiger partial charge in [-0.3, -0.25) is 33.3 Å². The number of rotatable bonds is 19. The van der Waals surface area contributed by atoms with E-state index >= 15 is 4.39 Å². The molecule has 430 valence electrons. The number of nitrogens with one attached hydrogen (secondary N) is 1. The van der Waals surface area contributed by atoms with Crippen molar-refractivity contribution in [2.24, 2.45) is 11.3 Å². The summed E-state index contributed by atoms with van der Waals surface area (Å²) >= 11 is 0. The van der Waals surface area contributed by atoms with Crippen molar-refractivity contribution < 1.29 is 50.9 Å². The Morgan fingerprint density at radius 2 is 1.68 bits per heavy atom. The van der Waals surface area contributed by atoms with Gasteiger partial charge in [0.1, 0.15) is 36.5 Å². The Bertz CT molecular complexity index is 2980. The van der Waals surface area contributed by atoms with Gasteiger partial charge >= 0.3 is 11.9 Å². The molecule has 0 spiro atoms. The lowest BCUT2D eigenvalue weighted by Gasteiger charge is -2.46. The van der Waals surface area contributed by atoms with Gasteiger partial charge < -0.3 is 29.2 Å². The summed E-state index contributed by atoms with van der Waals surface area (Å²) in [6.07, 6.45) is 2.77. The number of alkyl halides is 3. The number of anilines is 1. The van der Waals surface area contributed by atoms with E-state index in [0.717, 1.165) is 33.5 Å². The third-order valence-electron chi connectivity index (χ3n) is 17.2. The van der Waals surface area contributed by atoms with Gasteiger partial charge in [-0.15, -0.1) is 0 Å². The van der Waals surface area contributed by atoms with Gasteiger partial charge in [-0.2, -0.15) is 13.2 Å². The molecule has 0 saturated carbocycles. The molecule has 4 aliphatic heterocycles. The van der Waals surface area contributed by atoms with Gasteiger partial charge in [-0.05, 0) is 145 Å². The van der Waals surface area contributed by atoms with Gasteiger partial charge in [-0.1, -0.05) is 50.0 Å². The zero-order chi connectivity index (χ0) is 56.7. The van der Waals surface area contributed by atoms with E-state index in [1.54, 1.807) is 17.7 Å². The minimum absolute atomic E-state index is 0.0217. The van der Waals surface area contributed by atoms with Gasteiger partial charge in [0.25, 0.3) is 5.91 Å². The highest BCUT2D eigenvalue weighted by Gasteiger charge is 2.49. The number of hydrogen-bond donors (Lipinski definition) is 1. The second-order valence-electron chi connectivity index (χ2n) is 25.2. The maximum Gasteiger partial charge on any atom is 0.395 e. The molecule has 5 heterocycles. The number of allylic oxidation sites excluding steroid dienone is 2. The monoisotopic (exact) mass is 1120 g/mol. The number of halogens is 4. The fourth-order valence-corrected chi connectivity index (χ4v) is 13.3. The van der Waals surface area contributed by atoms with Crippen LogP contribution in [0.25, 0.3) is 16.6 Å². The number of hydrogen-bond acceptors (Lipinski definition) is 10. The van der Waals surface area contributed by atoms with Crippen LogP contribution in [0.1, 0.15) is 115 Å². The molecule has 79 heavy (non-hydrogen) atoms. The number of methoxy groups -OCH3 is 1. The van der Waals surface area contributed by atoms with Crippen molar-refractivity contribution in [1.29, 1.82) is 0 Å². The summed E-state index contributed by atoms with van der Waals surface area (Å²) in [6, 6.07) is 16.7.